The smallest absolute Gasteiger partial charge is 0.255 e. The lowest BCUT2D eigenvalue weighted by atomic mass is 9.87. The third-order valence-electron chi connectivity index (χ3n) is 5.24. The first-order chi connectivity index (χ1) is 12.5. The molecule has 26 heavy (non-hydrogen) atoms. The van der Waals surface area contributed by atoms with Crippen LogP contribution in [-0.4, -0.2) is 41.7 Å². The zero-order valence-corrected chi connectivity index (χ0v) is 15.6. The Bertz CT molecular complexity index is 826. The summed E-state index contributed by atoms with van der Waals surface area (Å²) in [5.41, 5.74) is 2.99. The third-order valence-corrected chi connectivity index (χ3v) is 5.24. The predicted molar refractivity (Wildman–Crippen MR) is 101 cm³/mol. The van der Waals surface area contributed by atoms with Crippen molar-refractivity contribution in [3.8, 4) is 0 Å². The minimum Gasteiger partial charge on any atom is -0.379 e. The SMILES string of the molecule is CO[C@H]1CN(C(=O)c2ccc(=O)n(C)c2)CC[C@@H]1Cc1ccc(C)cc1. The Morgan fingerprint density at radius 1 is 1.19 bits per heavy atom. The quantitative estimate of drug-likeness (QED) is 0.847. The summed E-state index contributed by atoms with van der Waals surface area (Å²) in [6.07, 6.45) is 3.48. The van der Waals surface area contributed by atoms with Crippen molar-refractivity contribution >= 4 is 5.91 Å². The molecule has 138 valence electrons. The van der Waals surface area contributed by atoms with Gasteiger partial charge >= 0.3 is 0 Å². The van der Waals surface area contributed by atoms with E-state index in [1.807, 2.05) is 4.90 Å². The number of carbonyl (C=O) groups is 1. The fraction of sp³-hybridized carbons (Fsp3) is 0.429. The summed E-state index contributed by atoms with van der Waals surface area (Å²) in [4.78, 5) is 26.1. The molecule has 0 spiro atoms. The van der Waals surface area contributed by atoms with Crippen LogP contribution in [0.5, 0.6) is 0 Å². The fourth-order valence-electron chi connectivity index (χ4n) is 3.58. The zero-order chi connectivity index (χ0) is 18.7. The van der Waals surface area contributed by atoms with Crippen LogP contribution < -0.4 is 5.56 Å². The summed E-state index contributed by atoms with van der Waals surface area (Å²) in [5, 5.41) is 0. The van der Waals surface area contributed by atoms with Crippen LogP contribution in [-0.2, 0) is 18.2 Å². The van der Waals surface area contributed by atoms with E-state index in [-0.39, 0.29) is 17.6 Å². The lowest BCUT2D eigenvalue weighted by molar-refractivity contribution is -0.00699. The Hall–Kier alpha value is -2.40. The Morgan fingerprint density at radius 3 is 2.58 bits per heavy atom. The molecule has 0 radical (unpaired) electrons. The van der Waals surface area contributed by atoms with Crippen LogP contribution in [0, 0.1) is 12.8 Å². The van der Waals surface area contributed by atoms with Gasteiger partial charge in [-0.2, -0.15) is 0 Å². The van der Waals surface area contributed by atoms with Crippen LogP contribution in [0.2, 0.25) is 0 Å². The Kier molecular flexibility index (Phi) is 5.57. The van der Waals surface area contributed by atoms with E-state index in [9.17, 15) is 9.59 Å². The average molecular weight is 354 g/mol. The standard InChI is InChI=1S/C21H26N2O3/c1-15-4-6-16(7-5-15)12-17-10-11-23(14-19(17)26-3)21(25)18-8-9-20(24)22(2)13-18/h4-9,13,17,19H,10-12,14H2,1-3H3/t17-,19+/m1/s1. The molecule has 1 saturated heterocycles. The van der Waals surface area contributed by atoms with Crippen molar-refractivity contribution in [1.82, 2.24) is 9.47 Å². The molecule has 1 aliphatic heterocycles. The van der Waals surface area contributed by atoms with Crippen LogP contribution in [0.3, 0.4) is 0 Å². The van der Waals surface area contributed by atoms with E-state index < -0.39 is 0 Å². The van der Waals surface area contributed by atoms with Gasteiger partial charge in [0.05, 0.1) is 11.7 Å². The van der Waals surface area contributed by atoms with E-state index in [2.05, 4.69) is 31.2 Å². The number of hydrogen-bond donors (Lipinski definition) is 0. The summed E-state index contributed by atoms with van der Waals surface area (Å²) in [5.74, 6) is 0.350. The number of likely N-dealkylation sites (tertiary alicyclic amines) is 1. The molecule has 1 aromatic carbocycles. The molecular formula is C21H26N2O3. The highest BCUT2D eigenvalue weighted by atomic mass is 16.5. The molecule has 0 aliphatic carbocycles. The number of carbonyl (C=O) groups excluding carboxylic acids is 1. The van der Waals surface area contributed by atoms with E-state index in [0.29, 0.717) is 24.6 Å². The van der Waals surface area contributed by atoms with Gasteiger partial charge in [0.1, 0.15) is 0 Å². The number of ether oxygens (including phenoxy) is 1. The van der Waals surface area contributed by atoms with Crippen molar-refractivity contribution in [2.24, 2.45) is 13.0 Å². The van der Waals surface area contributed by atoms with Crippen molar-refractivity contribution in [2.75, 3.05) is 20.2 Å². The maximum atomic E-state index is 12.8. The molecular weight excluding hydrogens is 328 g/mol. The summed E-state index contributed by atoms with van der Waals surface area (Å²) in [6.45, 7) is 3.37. The first-order valence-electron chi connectivity index (χ1n) is 9.02. The van der Waals surface area contributed by atoms with Crippen molar-refractivity contribution in [3.63, 3.8) is 0 Å². The van der Waals surface area contributed by atoms with Gasteiger partial charge in [0.25, 0.3) is 5.91 Å². The number of piperidine rings is 1. The molecule has 2 heterocycles. The molecule has 1 aliphatic rings. The van der Waals surface area contributed by atoms with Gasteiger partial charge in [-0.1, -0.05) is 29.8 Å². The van der Waals surface area contributed by atoms with Crippen molar-refractivity contribution in [1.29, 1.82) is 0 Å². The Labute approximate surface area is 154 Å². The normalized spacial score (nSPS) is 20.2. The number of amides is 1. The van der Waals surface area contributed by atoms with Gasteiger partial charge in [-0.05, 0) is 37.3 Å². The summed E-state index contributed by atoms with van der Waals surface area (Å²) in [6, 6.07) is 11.6. The van der Waals surface area contributed by atoms with Crippen LogP contribution >= 0.6 is 0 Å². The largest absolute Gasteiger partial charge is 0.379 e. The molecule has 5 nitrogen and oxygen atoms in total. The van der Waals surface area contributed by atoms with Gasteiger partial charge in [0.2, 0.25) is 5.56 Å². The fourth-order valence-corrected chi connectivity index (χ4v) is 3.58. The maximum Gasteiger partial charge on any atom is 0.255 e. The second-order valence-electron chi connectivity index (χ2n) is 7.13. The molecule has 1 fully saturated rings. The van der Waals surface area contributed by atoms with Gasteiger partial charge in [0.15, 0.2) is 0 Å². The first kappa shape index (κ1) is 18.4. The van der Waals surface area contributed by atoms with Gasteiger partial charge in [-0.15, -0.1) is 0 Å². The minimum atomic E-state index is -0.117. The van der Waals surface area contributed by atoms with E-state index in [0.717, 1.165) is 12.8 Å². The van der Waals surface area contributed by atoms with Crippen molar-refractivity contribution in [3.05, 3.63) is 69.6 Å². The average Bonchev–Trinajstić information content (AvgIpc) is 2.65. The summed E-state index contributed by atoms with van der Waals surface area (Å²) < 4.78 is 7.15. The van der Waals surface area contributed by atoms with E-state index in [1.54, 1.807) is 26.4 Å². The highest BCUT2D eigenvalue weighted by molar-refractivity contribution is 5.94. The number of aromatic nitrogens is 1. The molecule has 0 saturated carbocycles. The number of methoxy groups -OCH3 is 1. The zero-order valence-electron chi connectivity index (χ0n) is 15.6. The molecule has 3 rings (SSSR count). The number of hydrogen-bond acceptors (Lipinski definition) is 3. The van der Waals surface area contributed by atoms with Gasteiger partial charge in [-0.3, -0.25) is 9.59 Å². The highest BCUT2D eigenvalue weighted by Gasteiger charge is 2.32. The predicted octanol–water partition coefficient (Wildman–Crippen LogP) is 2.41. The van der Waals surface area contributed by atoms with Crippen molar-refractivity contribution in [2.45, 2.75) is 25.9 Å². The molecule has 0 unspecified atom stereocenters. The molecule has 1 aromatic heterocycles. The second-order valence-corrected chi connectivity index (χ2v) is 7.13. The van der Waals surface area contributed by atoms with E-state index in [1.165, 1.54) is 21.8 Å². The summed E-state index contributed by atoms with van der Waals surface area (Å²) >= 11 is 0. The van der Waals surface area contributed by atoms with E-state index >= 15 is 0 Å². The molecule has 0 bridgehead atoms. The highest BCUT2D eigenvalue weighted by Crippen LogP contribution is 2.25. The van der Waals surface area contributed by atoms with Gasteiger partial charge in [-0.25, -0.2) is 0 Å². The number of rotatable bonds is 4. The van der Waals surface area contributed by atoms with E-state index in [4.69, 9.17) is 4.74 Å². The molecule has 0 N–H and O–H groups in total. The van der Waals surface area contributed by atoms with Crippen LogP contribution in [0.1, 0.15) is 27.9 Å². The van der Waals surface area contributed by atoms with Gasteiger partial charge in [0, 0.05) is 39.5 Å². The molecule has 5 heteroatoms. The second kappa shape index (κ2) is 7.87. The number of pyridine rings is 1. The summed E-state index contributed by atoms with van der Waals surface area (Å²) in [7, 11) is 3.37. The number of nitrogens with zero attached hydrogens (tertiary/aromatic N) is 2. The number of aryl methyl sites for hydroxylation is 2. The topological polar surface area (TPSA) is 51.5 Å². The van der Waals surface area contributed by atoms with Crippen LogP contribution in [0.15, 0.2) is 47.4 Å². The lowest BCUT2D eigenvalue weighted by Gasteiger charge is -2.38. The lowest BCUT2D eigenvalue weighted by Crippen LogP contribution is -2.48. The molecule has 2 aromatic rings. The maximum absolute atomic E-state index is 12.8. The van der Waals surface area contributed by atoms with Crippen molar-refractivity contribution < 1.29 is 9.53 Å². The monoisotopic (exact) mass is 354 g/mol. The molecule has 2 atom stereocenters. The number of benzene rings is 1. The van der Waals surface area contributed by atoms with Gasteiger partial charge < -0.3 is 14.2 Å². The first-order valence-corrected chi connectivity index (χ1v) is 9.02. The van der Waals surface area contributed by atoms with Crippen LogP contribution in [0.4, 0.5) is 0 Å². The minimum absolute atomic E-state index is 0.0153. The Balaban J connectivity index is 1.68. The van der Waals surface area contributed by atoms with Crippen LogP contribution in [0.25, 0.3) is 0 Å². The molecule has 1 amide bonds. The third kappa shape index (κ3) is 4.05. The Morgan fingerprint density at radius 2 is 1.92 bits per heavy atom.